The van der Waals surface area contributed by atoms with Gasteiger partial charge >= 0.3 is 0 Å². The molecular formula is C36H24N4O2. The molecule has 1 N–H and O–H groups in total. The molecule has 2 heterocycles. The molecule has 6 nitrogen and oxygen atoms in total. The molecule has 3 aliphatic rings. The molecule has 7 rings (SSSR count). The van der Waals surface area contributed by atoms with E-state index in [9.17, 15) is 25.5 Å². The lowest BCUT2D eigenvalue weighted by molar-refractivity contribution is -0.132. The van der Waals surface area contributed by atoms with Gasteiger partial charge in [-0.05, 0) is 16.7 Å². The van der Waals surface area contributed by atoms with Gasteiger partial charge in [0.2, 0.25) is 0 Å². The van der Waals surface area contributed by atoms with Gasteiger partial charge in [-0.15, -0.1) is 0 Å². The Labute approximate surface area is 243 Å². The third kappa shape index (κ3) is 3.09. The van der Waals surface area contributed by atoms with Crippen LogP contribution in [0.2, 0.25) is 0 Å². The number of nitriles is 2. The Morgan fingerprint density at radius 1 is 0.762 bits per heavy atom. The zero-order valence-electron chi connectivity index (χ0n) is 22.4. The van der Waals surface area contributed by atoms with Gasteiger partial charge in [0.05, 0.1) is 11.6 Å². The van der Waals surface area contributed by atoms with E-state index in [0.717, 1.165) is 11.1 Å². The van der Waals surface area contributed by atoms with Crippen molar-refractivity contribution in [1.29, 1.82) is 15.9 Å². The minimum absolute atomic E-state index is 0.150. The Morgan fingerprint density at radius 2 is 1.29 bits per heavy atom. The van der Waals surface area contributed by atoms with Crippen molar-refractivity contribution in [3.05, 3.63) is 155 Å². The number of rotatable bonds is 5. The van der Waals surface area contributed by atoms with E-state index < -0.39 is 34.6 Å². The summed E-state index contributed by atoms with van der Waals surface area (Å²) >= 11 is 0. The maximum atomic E-state index is 14.6. The summed E-state index contributed by atoms with van der Waals surface area (Å²) in [6.45, 7) is 0. The molecule has 5 atom stereocenters. The van der Waals surface area contributed by atoms with Gasteiger partial charge < -0.3 is 0 Å². The Morgan fingerprint density at radius 3 is 1.83 bits per heavy atom. The normalized spacial score (nSPS) is 27.5. The molecule has 1 saturated heterocycles. The topological polar surface area (TPSA) is 109 Å². The second-order valence-corrected chi connectivity index (χ2v) is 11.0. The van der Waals surface area contributed by atoms with E-state index in [1.807, 2.05) is 97.1 Å². The monoisotopic (exact) mass is 544 g/mol. The predicted molar refractivity (Wildman–Crippen MR) is 156 cm³/mol. The molecule has 42 heavy (non-hydrogen) atoms. The van der Waals surface area contributed by atoms with Crippen molar-refractivity contribution < 1.29 is 9.59 Å². The van der Waals surface area contributed by atoms with Crippen LogP contribution in [-0.4, -0.2) is 22.4 Å². The van der Waals surface area contributed by atoms with Crippen LogP contribution in [0, 0.1) is 39.4 Å². The lowest BCUT2D eigenvalue weighted by Crippen LogP contribution is -2.58. The third-order valence-corrected chi connectivity index (χ3v) is 9.17. The average molecular weight is 545 g/mol. The van der Waals surface area contributed by atoms with Gasteiger partial charge in [0.1, 0.15) is 22.9 Å². The molecule has 1 unspecified atom stereocenters. The molecule has 2 aliphatic heterocycles. The second-order valence-electron chi connectivity index (χ2n) is 11.0. The number of hydrogen-bond acceptors (Lipinski definition) is 5. The number of Topliss-reactive ketones (excluding diaryl/α,β-unsaturated/α-hetero) is 1. The molecule has 1 aliphatic carbocycles. The van der Waals surface area contributed by atoms with Gasteiger partial charge in [-0.1, -0.05) is 121 Å². The van der Waals surface area contributed by atoms with Gasteiger partial charge in [0.15, 0.2) is 5.78 Å². The summed E-state index contributed by atoms with van der Waals surface area (Å²) < 4.78 is 0. The van der Waals surface area contributed by atoms with E-state index in [1.165, 1.54) is 4.90 Å². The van der Waals surface area contributed by atoms with Crippen molar-refractivity contribution in [1.82, 2.24) is 4.90 Å². The first kappa shape index (κ1) is 25.4. The van der Waals surface area contributed by atoms with Crippen LogP contribution < -0.4 is 0 Å². The number of ketones is 1. The van der Waals surface area contributed by atoms with Gasteiger partial charge in [-0.25, -0.2) is 0 Å². The molecule has 200 valence electrons. The molecule has 4 aromatic carbocycles. The highest BCUT2D eigenvalue weighted by Crippen LogP contribution is 2.80. The summed E-state index contributed by atoms with van der Waals surface area (Å²) in [5.74, 6) is -3.08. The fourth-order valence-corrected chi connectivity index (χ4v) is 7.60. The number of nitrogens with one attached hydrogen (secondary N) is 1. The highest BCUT2D eigenvalue weighted by Gasteiger charge is 2.87. The van der Waals surface area contributed by atoms with Crippen molar-refractivity contribution in [3.8, 4) is 12.1 Å². The molecule has 4 aromatic rings. The van der Waals surface area contributed by atoms with Crippen LogP contribution in [0.5, 0.6) is 0 Å². The van der Waals surface area contributed by atoms with Gasteiger partial charge in [-0.3, -0.25) is 19.9 Å². The maximum absolute atomic E-state index is 14.6. The molecule has 0 aromatic heterocycles. The Kier molecular flexibility index (Phi) is 5.58. The van der Waals surface area contributed by atoms with Gasteiger partial charge in [-0.2, -0.15) is 10.5 Å². The number of carbonyl (C=O) groups is 2. The number of nitrogens with zero attached hydrogens (tertiary/aromatic N) is 3. The van der Waals surface area contributed by atoms with E-state index in [1.54, 1.807) is 24.3 Å². The highest BCUT2D eigenvalue weighted by molar-refractivity contribution is 6.22. The standard InChI is InChI=1S/C36H24N4O2/c37-21-27-28(31(41)25-17-9-3-10-18-25)29(23-13-5-1-6-14-23)36(26-19-11-4-12-20-26)32-30(24-15-7-2-8-16-24)35(32,22-38)34(42)40(36)33(27)39/h1-20,29-30,32,39H/t29-,30+,32?,35+,36+/m0/s1. The summed E-state index contributed by atoms with van der Waals surface area (Å²) in [4.78, 5) is 30.5. The Hall–Kier alpha value is -5.59. The van der Waals surface area contributed by atoms with E-state index in [2.05, 4.69) is 12.1 Å². The number of fused-ring (bicyclic) bond motifs is 3. The van der Waals surface area contributed by atoms with Crippen LogP contribution in [-0.2, 0) is 10.3 Å². The number of benzene rings is 4. The zero-order chi connectivity index (χ0) is 29.1. The predicted octanol–water partition coefficient (Wildman–Crippen LogP) is 6.13. The van der Waals surface area contributed by atoms with Crippen LogP contribution in [0.3, 0.4) is 0 Å². The maximum Gasteiger partial charge on any atom is 0.250 e. The molecule has 0 bridgehead atoms. The largest absolute Gasteiger partial charge is 0.289 e. The fraction of sp³-hybridized carbons (Fsp3) is 0.139. The van der Waals surface area contributed by atoms with Crippen LogP contribution >= 0.6 is 0 Å². The zero-order valence-corrected chi connectivity index (χ0v) is 22.4. The third-order valence-electron chi connectivity index (χ3n) is 9.17. The number of hydrogen-bond donors (Lipinski definition) is 1. The molecule has 0 radical (unpaired) electrons. The SMILES string of the molecule is N#CC1=C(C(=O)c2ccccc2)[C@H](c2ccccc2)[C@]2(c3ccccc3)C3[C@@H](c4ccccc4)[C@@]3(C#N)C(=O)N2C1=N. The second kappa shape index (κ2) is 9.23. The van der Waals surface area contributed by atoms with E-state index in [-0.39, 0.29) is 22.8 Å². The van der Waals surface area contributed by atoms with Crippen LogP contribution in [0.4, 0.5) is 0 Å². The van der Waals surface area contributed by atoms with Gasteiger partial charge in [0.25, 0.3) is 5.91 Å². The van der Waals surface area contributed by atoms with Crippen molar-refractivity contribution in [2.75, 3.05) is 0 Å². The quantitative estimate of drug-likeness (QED) is 0.305. The summed E-state index contributed by atoms with van der Waals surface area (Å²) in [6.07, 6.45) is 0. The van der Waals surface area contributed by atoms with Crippen LogP contribution in [0.25, 0.3) is 0 Å². The summed E-state index contributed by atoms with van der Waals surface area (Å²) in [5, 5.41) is 30.6. The van der Waals surface area contributed by atoms with Gasteiger partial charge in [0, 0.05) is 28.9 Å². The number of amidine groups is 1. The minimum Gasteiger partial charge on any atom is -0.289 e. The number of carbonyl (C=O) groups excluding carboxylic acids is 2. The van der Waals surface area contributed by atoms with Crippen LogP contribution in [0.15, 0.2) is 132 Å². The van der Waals surface area contributed by atoms with E-state index >= 15 is 0 Å². The first-order chi connectivity index (χ1) is 20.5. The lowest BCUT2D eigenvalue weighted by atomic mass is 9.62. The first-order valence-corrected chi connectivity index (χ1v) is 13.8. The van der Waals surface area contributed by atoms with Crippen molar-refractivity contribution in [2.45, 2.75) is 17.4 Å². The van der Waals surface area contributed by atoms with Crippen LogP contribution in [0.1, 0.15) is 38.9 Å². The Bertz CT molecular complexity index is 1870. The number of amides is 1. The summed E-state index contributed by atoms with van der Waals surface area (Å²) in [6, 6.07) is 41.6. The molecular weight excluding hydrogens is 520 g/mol. The lowest BCUT2D eigenvalue weighted by Gasteiger charge is -2.51. The van der Waals surface area contributed by atoms with Crippen molar-refractivity contribution >= 4 is 17.5 Å². The first-order valence-electron chi connectivity index (χ1n) is 13.8. The molecule has 1 amide bonds. The molecule has 6 heteroatoms. The average Bonchev–Trinajstić information content (AvgIpc) is 3.69. The summed E-state index contributed by atoms with van der Waals surface area (Å²) in [5.41, 5.74) is -0.0636. The van der Waals surface area contributed by atoms with E-state index in [4.69, 9.17) is 0 Å². The van der Waals surface area contributed by atoms with E-state index in [0.29, 0.717) is 11.1 Å². The number of piperidine rings is 1. The minimum atomic E-state index is -1.46. The molecule has 1 saturated carbocycles. The van der Waals surface area contributed by atoms with Crippen molar-refractivity contribution in [3.63, 3.8) is 0 Å². The summed E-state index contributed by atoms with van der Waals surface area (Å²) in [7, 11) is 0. The fourth-order valence-electron chi connectivity index (χ4n) is 7.60. The smallest absolute Gasteiger partial charge is 0.250 e. The molecule has 2 fully saturated rings. The van der Waals surface area contributed by atoms with Crippen molar-refractivity contribution in [2.24, 2.45) is 11.3 Å². The molecule has 0 spiro atoms. The Balaban J connectivity index is 1.61. The highest BCUT2D eigenvalue weighted by atomic mass is 16.2.